The van der Waals surface area contributed by atoms with Crippen molar-refractivity contribution in [1.29, 1.82) is 0 Å². The van der Waals surface area contributed by atoms with Gasteiger partial charge in [0, 0.05) is 6.54 Å². The molecule has 0 aromatic carbocycles. The lowest BCUT2D eigenvalue weighted by atomic mass is 10.1. The van der Waals surface area contributed by atoms with Crippen LogP contribution >= 0.6 is 0 Å². The van der Waals surface area contributed by atoms with Gasteiger partial charge in [0.1, 0.15) is 0 Å². The molecule has 0 aliphatic carbocycles. The van der Waals surface area contributed by atoms with E-state index in [9.17, 15) is 4.79 Å². The highest BCUT2D eigenvalue weighted by Crippen LogP contribution is 2.04. The van der Waals surface area contributed by atoms with Crippen molar-refractivity contribution in [2.24, 2.45) is 11.8 Å². The molecule has 0 heterocycles. The van der Waals surface area contributed by atoms with Crippen LogP contribution in [0.1, 0.15) is 53.4 Å². The van der Waals surface area contributed by atoms with Crippen molar-refractivity contribution in [1.82, 2.24) is 10.6 Å². The van der Waals surface area contributed by atoms with Crippen molar-refractivity contribution in [2.45, 2.75) is 53.4 Å². The van der Waals surface area contributed by atoms with Gasteiger partial charge in [0.15, 0.2) is 0 Å². The Morgan fingerprint density at radius 2 is 1.59 bits per heavy atom. The van der Waals surface area contributed by atoms with Crippen LogP contribution < -0.4 is 10.6 Å². The average molecular weight is 242 g/mol. The van der Waals surface area contributed by atoms with Crippen LogP contribution in [0.5, 0.6) is 0 Å². The SMILES string of the molecule is CC(C)CCCCNC(=O)CNCCC(C)C. The van der Waals surface area contributed by atoms with Gasteiger partial charge in [0.05, 0.1) is 6.54 Å². The Balaban J connectivity index is 3.23. The summed E-state index contributed by atoms with van der Waals surface area (Å²) in [7, 11) is 0. The number of hydrogen-bond donors (Lipinski definition) is 2. The molecule has 0 atom stereocenters. The smallest absolute Gasteiger partial charge is 0.233 e. The molecule has 0 bridgehead atoms. The molecule has 0 aliphatic rings. The number of nitrogens with one attached hydrogen (secondary N) is 2. The second-order valence-electron chi connectivity index (χ2n) is 5.60. The van der Waals surface area contributed by atoms with Crippen molar-refractivity contribution in [3.05, 3.63) is 0 Å². The highest BCUT2D eigenvalue weighted by molar-refractivity contribution is 5.77. The van der Waals surface area contributed by atoms with Crippen molar-refractivity contribution < 1.29 is 4.79 Å². The van der Waals surface area contributed by atoms with Gasteiger partial charge < -0.3 is 10.6 Å². The van der Waals surface area contributed by atoms with E-state index in [1.54, 1.807) is 0 Å². The standard InChI is InChI=1S/C14H30N2O/c1-12(2)7-5-6-9-16-14(17)11-15-10-8-13(3)4/h12-13,15H,5-11H2,1-4H3,(H,16,17). The predicted octanol–water partition coefficient (Wildman–Crippen LogP) is 2.56. The van der Waals surface area contributed by atoms with Crippen LogP contribution in [-0.2, 0) is 4.79 Å². The van der Waals surface area contributed by atoms with E-state index in [2.05, 4.69) is 38.3 Å². The molecule has 0 radical (unpaired) electrons. The lowest BCUT2D eigenvalue weighted by Gasteiger charge is -2.08. The van der Waals surface area contributed by atoms with Crippen LogP contribution in [-0.4, -0.2) is 25.5 Å². The molecule has 2 N–H and O–H groups in total. The summed E-state index contributed by atoms with van der Waals surface area (Å²) in [6, 6.07) is 0. The summed E-state index contributed by atoms with van der Waals surface area (Å²) in [6.45, 7) is 11.0. The maximum absolute atomic E-state index is 11.4. The number of carbonyl (C=O) groups excluding carboxylic acids is 1. The number of hydrogen-bond acceptors (Lipinski definition) is 2. The van der Waals surface area contributed by atoms with E-state index in [1.165, 1.54) is 12.8 Å². The zero-order valence-electron chi connectivity index (χ0n) is 12.0. The molecule has 0 spiro atoms. The molecule has 0 rings (SSSR count). The van der Waals surface area contributed by atoms with Crippen molar-refractivity contribution >= 4 is 5.91 Å². The van der Waals surface area contributed by atoms with E-state index in [4.69, 9.17) is 0 Å². The van der Waals surface area contributed by atoms with E-state index in [1.807, 2.05) is 0 Å². The van der Waals surface area contributed by atoms with Gasteiger partial charge in [0.2, 0.25) is 5.91 Å². The Labute approximate surface area is 107 Å². The van der Waals surface area contributed by atoms with Crippen LogP contribution in [0.2, 0.25) is 0 Å². The van der Waals surface area contributed by atoms with Gasteiger partial charge in [0.25, 0.3) is 0 Å². The first-order valence-corrected chi connectivity index (χ1v) is 6.99. The Morgan fingerprint density at radius 3 is 2.18 bits per heavy atom. The summed E-state index contributed by atoms with van der Waals surface area (Å²) >= 11 is 0. The van der Waals surface area contributed by atoms with Gasteiger partial charge in [-0.1, -0.05) is 40.5 Å². The fraction of sp³-hybridized carbons (Fsp3) is 0.929. The maximum atomic E-state index is 11.4. The lowest BCUT2D eigenvalue weighted by Crippen LogP contribution is -2.35. The average Bonchev–Trinajstić information content (AvgIpc) is 2.23. The summed E-state index contributed by atoms with van der Waals surface area (Å²) in [4.78, 5) is 11.4. The van der Waals surface area contributed by atoms with E-state index >= 15 is 0 Å². The van der Waals surface area contributed by atoms with Crippen molar-refractivity contribution in [2.75, 3.05) is 19.6 Å². The molecule has 0 unspecified atom stereocenters. The fourth-order valence-corrected chi connectivity index (χ4v) is 1.56. The van der Waals surface area contributed by atoms with Crippen LogP contribution in [0.4, 0.5) is 0 Å². The fourth-order valence-electron chi connectivity index (χ4n) is 1.56. The molecule has 1 amide bonds. The Morgan fingerprint density at radius 1 is 0.941 bits per heavy atom. The molecule has 3 nitrogen and oxygen atoms in total. The summed E-state index contributed by atoms with van der Waals surface area (Å²) in [5.74, 6) is 1.59. The maximum Gasteiger partial charge on any atom is 0.233 e. The van der Waals surface area contributed by atoms with Crippen LogP contribution in [0, 0.1) is 11.8 Å². The first kappa shape index (κ1) is 16.4. The van der Waals surface area contributed by atoms with Gasteiger partial charge in [-0.15, -0.1) is 0 Å². The van der Waals surface area contributed by atoms with Crippen molar-refractivity contribution in [3.8, 4) is 0 Å². The summed E-state index contributed by atoms with van der Waals surface area (Å²) in [5, 5.41) is 6.11. The number of unbranched alkanes of at least 4 members (excludes halogenated alkanes) is 1. The lowest BCUT2D eigenvalue weighted by molar-refractivity contribution is -0.120. The minimum atomic E-state index is 0.123. The van der Waals surface area contributed by atoms with Gasteiger partial charge in [-0.25, -0.2) is 0 Å². The Bertz CT molecular complexity index is 191. The van der Waals surface area contributed by atoms with Crippen LogP contribution in [0.3, 0.4) is 0 Å². The topological polar surface area (TPSA) is 41.1 Å². The molecule has 102 valence electrons. The predicted molar refractivity (Wildman–Crippen MR) is 74.0 cm³/mol. The van der Waals surface area contributed by atoms with Crippen LogP contribution in [0.25, 0.3) is 0 Å². The highest BCUT2D eigenvalue weighted by Gasteiger charge is 2.00. The first-order chi connectivity index (χ1) is 8.02. The summed E-state index contributed by atoms with van der Waals surface area (Å²) in [5.41, 5.74) is 0. The third-order valence-electron chi connectivity index (χ3n) is 2.71. The third-order valence-corrected chi connectivity index (χ3v) is 2.71. The van der Waals surface area contributed by atoms with E-state index in [0.717, 1.165) is 31.8 Å². The van der Waals surface area contributed by atoms with Gasteiger partial charge in [-0.3, -0.25) is 4.79 Å². The Kier molecular flexibility index (Phi) is 10.2. The molecule has 0 fully saturated rings. The number of rotatable bonds is 10. The summed E-state index contributed by atoms with van der Waals surface area (Å²) < 4.78 is 0. The third kappa shape index (κ3) is 13.4. The van der Waals surface area contributed by atoms with Crippen LogP contribution in [0.15, 0.2) is 0 Å². The van der Waals surface area contributed by atoms with E-state index in [0.29, 0.717) is 12.5 Å². The molecule has 0 aromatic rings. The second-order valence-corrected chi connectivity index (χ2v) is 5.60. The summed E-state index contributed by atoms with van der Waals surface area (Å²) in [6.07, 6.45) is 4.68. The van der Waals surface area contributed by atoms with Gasteiger partial charge in [-0.05, 0) is 31.2 Å². The minimum Gasteiger partial charge on any atom is -0.355 e. The molecule has 0 saturated heterocycles. The highest BCUT2D eigenvalue weighted by atomic mass is 16.1. The van der Waals surface area contributed by atoms with E-state index < -0.39 is 0 Å². The number of amides is 1. The first-order valence-electron chi connectivity index (χ1n) is 6.99. The number of carbonyl (C=O) groups is 1. The molecule has 0 aromatic heterocycles. The van der Waals surface area contributed by atoms with Gasteiger partial charge in [-0.2, -0.15) is 0 Å². The second kappa shape index (κ2) is 10.6. The quantitative estimate of drug-likeness (QED) is 0.578. The molecule has 0 aliphatic heterocycles. The normalized spacial score (nSPS) is 11.2. The molecule has 3 heteroatoms. The monoisotopic (exact) mass is 242 g/mol. The molecular formula is C14H30N2O. The molecule has 0 saturated carbocycles. The molecular weight excluding hydrogens is 212 g/mol. The largest absolute Gasteiger partial charge is 0.355 e. The van der Waals surface area contributed by atoms with Crippen molar-refractivity contribution in [3.63, 3.8) is 0 Å². The Hall–Kier alpha value is -0.570. The minimum absolute atomic E-state index is 0.123. The van der Waals surface area contributed by atoms with E-state index in [-0.39, 0.29) is 5.91 Å². The van der Waals surface area contributed by atoms with Gasteiger partial charge >= 0.3 is 0 Å². The zero-order chi connectivity index (χ0) is 13.1. The zero-order valence-corrected chi connectivity index (χ0v) is 12.0. The molecule has 17 heavy (non-hydrogen) atoms.